The van der Waals surface area contributed by atoms with Crippen molar-refractivity contribution in [3.8, 4) is 0 Å². The third-order valence-corrected chi connectivity index (χ3v) is 2.05. The minimum atomic E-state index is -0.0751. The highest BCUT2D eigenvalue weighted by molar-refractivity contribution is 4.99. The van der Waals surface area contributed by atoms with E-state index in [2.05, 4.69) is 10.1 Å². The number of aryl methyl sites for hydroxylation is 3. The third-order valence-electron chi connectivity index (χ3n) is 2.05. The lowest BCUT2D eigenvalue weighted by atomic mass is 10.4. The quantitative estimate of drug-likeness (QED) is 0.764. The van der Waals surface area contributed by atoms with E-state index in [1.54, 1.807) is 23.2 Å². The molecule has 0 spiro atoms. The van der Waals surface area contributed by atoms with Gasteiger partial charge in [0.25, 0.3) is 0 Å². The molecule has 0 atom stereocenters. The first kappa shape index (κ1) is 8.80. The van der Waals surface area contributed by atoms with Crippen molar-refractivity contribution in [2.24, 2.45) is 0 Å². The zero-order valence-corrected chi connectivity index (χ0v) is 7.97. The number of hydrogen-bond acceptors (Lipinski definition) is 2. The van der Waals surface area contributed by atoms with Crippen LogP contribution in [0.3, 0.4) is 0 Å². The smallest absolute Gasteiger partial charge is 0.313 e. The molecule has 0 amide bonds. The molecular weight excluding hydrogens is 180 g/mol. The minimum Gasteiger partial charge on any atom is -0.313 e. The molecule has 0 aliphatic rings. The maximum Gasteiger partial charge on any atom is 0.325 e. The van der Waals surface area contributed by atoms with Crippen LogP contribution in [0.4, 0.5) is 0 Å². The number of nitrogens with one attached hydrogen (secondary N) is 1. The van der Waals surface area contributed by atoms with E-state index in [4.69, 9.17) is 0 Å². The van der Waals surface area contributed by atoms with Gasteiger partial charge in [0, 0.05) is 25.1 Å². The average Bonchev–Trinajstić information content (AvgIpc) is 2.72. The second-order valence-corrected chi connectivity index (χ2v) is 3.24. The Hall–Kier alpha value is -1.78. The summed E-state index contributed by atoms with van der Waals surface area (Å²) in [5.74, 6) is 0. The summed E-state index contributed by atoms with van der Waals surface area (Å²) in [4.78, 5) is 13.7. The van der Waals surface area contributed by atoms with E-state index >= 15 is 0 Å². The zero-order chi connectivity index (χ0) is 9.97. The number of rotatable bonds is 3. The van der Waals surface area contributed by atoms with Crippen molar-refractivity contribution in [2.75, 3.05) is 0 Å². The SMILES string of the molecule is Cc1cnn(CCn2cc[nH]c2=O)c1. The summed E-state index contributed by atoms with van der Waals surface area (Å²) < 4.78 is 3.45. The van der Waals surface area contributed by atoms with Crippen LogP contribution in [0.25, 0.3) is 0 Å². The Bertz CT molecular complexity index is 465. The molecule has 5 heteroatoms. The molecule has 14 heavy (non-hydrogen) atoms. The highest BCUT2D eigenvalue weighted by Crippen LogP contribution is 1.94. The Morgan fingerprint density at radius 1 is 1.50 bits per heavy atom. The van der Waals surface area contributed by atoms with E-state index in [0.717, 1.165) is 5.56 Å². The van der Waals surface area contributed by atoms with Gasteiger partial charge in [-0.1, -0.05) is 0 Å². The summed E-state index contributed by atoms with van der Waals surface area (Å²) in [6.45, 7) is 3.35. The third kappa shape index (κ3) is 1.76. The number of imidazole rings is 1. The van der Waals surface area contributed by atoms with Crippen molar-refractivity contribution in [3.05, 3.63) is 40.8 Å². The number of H-pyrrole nitrogens is 1. The molecular formula is C9H12N4O. The van der Waals surface area contributed by atoms with Gasteiger partial charge in [-0.05, 0) is 12.5 Å². The molecule has 0 aliphatic heterocycles. The molecule has 5 nitrogen and oxygen atoms in total. The van der Waals surface area contributed by atoms with Crippen molar-refractivity contribution in [1.82, 2.24) is 19.3 Å². The molecule has 0 aromatic carbocycles. The predicted octanol–water partition coefficient (Wildman–Crippen LogP) is 0.382. The van der Waals surface area contributed by atoms with Crippen LogP contribution in [0.2, 0.25) is 0 Å². The lowest BCUT2D eigenvalue weighted by Gasteiger charge is -2.00. The Morgan fingerprint density at radius 3 is 2.93 bits per heavy atom. The topological polar surface area (TPSA) is 55.6 Å². The molecule has 2 aromatic rings. The van der Waals surface area contributed by atoms with Gasteiger partial charge in [0.2, 0.25) is 0 Å². The fourth-order valence-electron chi connectivity index (χ4n) is 1.32. The second-order valence-electron chi connectivity index (χ2n) is 3.24. The molecule has 0 aliphatic carbocycles. The maximum absolute atomic E-state index is 11.1. The molecule has 74 valence electrons. The largest absolute Gasteiger partial charge is 0.325 e. The molecule has 0 radical (unpaired) electrons. The van der Waals surface area contributed by atoms with Crippen molar-refractivity contribution in [1.29, 1.82) is 0 Å². The van der Waals surface area contributed by atoms with Gasteiger partial charge in [0.05, 0.1) is 12.7 Å². The van der Waals surface area contributed by atoms with Gasteiger partial charge in [-0.3, -0.25) is 9.25 Å². The first-order valence-electron chi connectivity index (χ1n) is 4.48. The Labute approximate surface area is 81.0 Å². The Kier molecular flexibility index (Phi) is 2.22. The van der Waals surface area contributed by atoms with E-state index in [-0.39, 0.29) is 5.69 Å². The summed E-state index contributed by atoms with van der Waals surface area (Å²) in [6, 6.07) is 0. The molecule has 1 N–H and O–H groups in total. The lowest BCUT2D eigenvalue weighted by molar-refractivity contribution is 0.524. The summed E-state index contributed by atoms with van der Waals surface area (Å²) in [6.07, 6.45) is 7.13. The predicted molar refractivity (Wildman–Crippen MR) is 52.0 cm³/mol. The van der Waals surface area contributed by atoms with Crippen molar-refractivity contribution in [2.45, 2.75) is 20.0 Å². The number of aromatic nitrogens is 4. The van der Waals surface area contributed by atoms with Crippen LogP contribution in [-0.2, 0) is 13.1 Å². The van der Waals surface area contributed by atoms with E-state index in [1.165, 1.54) is 0 Å². The van der Waals surface area contributed by atoms with Crippen LogP contribution in [0, 0.1) is 6.92 Å². The van der Waals surface area contributed by atoms with Crippen LogP contribution in [-0.4, -0.2) is 19.3 Å². The molecule has 2 heterocycles. The van der Waals surface area contributed by atoms with Crippen molar-refractivity contribution >= 4 is 0 Å². The van der Waals surface area contributed by atoms with Crippen molar-refractivity contribution < 1.29 is 0 Å². The first-order valence-corrected chi connectivity index (χ1v) is 4.48. The van der Waals surface area contributed by atoms with Gasteiger partial charge in [0.1, 0.15) is 0 Å². The van der Waals surface area contributed by atoms with E-state index in [0.29, 0.717) is 13.1 Å². The molecule has 0 bridgehead atoms. The standard InChI is InChI=1S/C9H12N4O/c1-8-6-11-13(7-8)5-4-12-3-2-10-9(12)14/h2-3,6-7H,4-5H2,1H3,(H,10,14). The van der Waals surface area contributed by atoms with Gasteiger partial charge in [-0.15, -0.1) is 0 Å². The minimum absolute atomic E-state index is 0.0751. The molecule has 2 rings (SSSR count). The van der Waals surface area contributed by atoms with Gasteiger partial charge < -0.3 is 4.98 Å². The fraction of sp³-hybridized carbons (Fsp3) is 0.333. The maximum atomic E-state index is 11.1. The van der Waals surface area contributed by atoms with E-state index < -0.39 is 0 Å². The van der Waals surface area contributed by atoms with Crippen LogP contribution in [0.5, 0.6) is 0 Å². The monoisotopic (exact) mass is 192 g/mol. The summed E-state index contributed by atoms with van der Waals surface area (Å²) in [5, 5.41) is 4.14. The zero-order valence-electron chi connectivity index (χ0n) is 7.97. The summed E-state index contributed by atoms with van der Waals surface area (Å²) >= 11 is 0. The van der Waals surface area contributed by atoms with Crippen LogP contribution in [0.1, 0.15) is 5.56 Å². The Balaban J connectivity index is 2.01. The molecule has 2 aromatic heterocycles. The van der Waals surface area contributed by atoms with E-state index in [9.17, 15) is 4.79 Å². The number of aromatic amines is 1. The molecule has 0 fully saturated rings. The highest BCUT2D eigenvalue weighted by Gasteiger charge is 1.97. The summed E-state index contributed by atoms with van der Waals surface area (Å²) in [5.41, 5.74) is 1.06. The second kappa shape index (κ2) is 3.53. The lowest BCUT2D eigenvalue weighted by Crippen LogP contribution is -2.19. The number of hydrogen-bond donors (Lipinski definition) is 1. The highest BCUT2D eigenvalue weighted by atomic mass is 16.1. The van der Waals surface area contributed by atoms with Crippen LogP contribution in [0.15, 0.2) is 29.6 Å². The Morgan fingerprint density at radius 2 is 2.36 bits per heavy atom. The van der Waals surface area contributed by atoms with Crippen molar-refractivity contribution in [3.63, 3.8) is 0 Å². The average molecular weight is 192 g/mol. The van der Waals surface area contributed by atoms with Gasteiger partial charge >= 0.3 is 5.69 Å². The number of nitrogens with zero attached hydrogens (tertiary/aromatic N) is 3. The van der Waals surface area contributed by atoms with Gasteiger partial charge in [-0.25, -0.2) is 4.79 Å². The normalized spacial score (nSPS) is 10.6. The molecule has 0 saturated carbocycles. The fourth-order valence-corrected chi connectivity index (χ4v) is 1.32. The molecule has 0 unspecified atom stereocenters. The molecule has 0 saturated heterocycles. The van der Waals surface area contributed by atoms with Gasteiger partial charge in [-0.2, -0.15) is 5.10 Å². The summed E-state index contributed by atoms with van der Waals surface area (Å²) in [7, 11) is 0. The van der Waals surface area contributed by atoms with Crippen LogP contribution >= 0.6 is 0 Å². The van der Waals surface area contributed by atoms with Gasteiger partial charge in [0.15, 0.2) is 0 Å². The van der Waals surface area contributed by atoms with Crippen LogP contribution < -0.4 is 5.69 Å². The van der Waals surface area contributed by atoms with E-state index in [1.807, 2.05) is 17.8 Å². The first-order chi connectivity index (χ1) is 6.75.